The van der Waals surface area contributed by atoms with E-state index in [2.05, 4.69) is 17.2 Å². The number of halogens is 9. The predicted molar refractivity (Wildman–Crippen MR) is 73.7 cm³/mol. The zero-order valence-electron chi connectivity index (χ0n) is 15.0. The van der Waals surface area contributed by atoms with E-state index >= 15 is 0 Å². The van der Waals surface area contributed by atoms with Gasteiger partial charge < -0.3 is 17.6 Å². The summed E-state index contributed by atoms with van der Waals surface area (Å²) in [5.74, 6) is 0. The van der Waals surface area contributed by atoms with Crippen LogP contribution in [0.15, 0.2) is 3.34 Å². The summed E-state index contributed by atoms with van der Waals surface area (Å²) in [7, 11) is 0. The number of alkyl halides is 9. The van der Waals surface area contributed by atoms with E-state index in [9.17, 15) is 39.5 Å². The van der Waals surface area contributed by atoms with Crippen LogP contribution in [0.25, 0.3) is 0 Å². The van der Waals surface area contributed by atoms with Crippen LogP contribution in [0.2, 0.25) is 0 Å². The number of hydrogen-bond donors (Lipinski definition) is 2. The van der Waals surface area contributed by atoms with Crippen molar-refractivity contribution in [3.05, 3.63) is 7.43 Å². The summed E-state index contributed by atoms with van der Waals surface area (Å²) in [6, 6.07) is 0.610. The molecule has 2 N–H and O–H groups in total. The van der Waals surface area contributed by atoms with Gasteiger partial charge in [0.2, 0.25) is 0 Å². The molecular weight excluding hydrogens is 554 g/mol. The maximum absolute atomic E-state index is 11.4. The Morgan fingerprint density at radius 2 is 1.00 bits per heavy atom. The van der Waals surface area contributed by atoms with Crippen molar-refractivity contribution < 1.29 is 70.6 Å². The first kappa shape index (κ1) is 33.4. The van der Waals surface area contributed by atoms with Crippen molar-refractivity contribution in [2.75, 3.05) is 0 Å². The first-order valence-corrected chi connectivity index (χ1v) is 7.99. The van der Waals surface area contributed by atoms with Crippen molar-refractivity contribution in [3.63, 3.8) is 0 Å². The Labute approximate surface area is 158 Å². The van der Waals surface area contributed by atoms with Gasteiger partial charge in [-0.3, -0.25) is 0 Å². The third-order valence-electron chi connectivity index (χ3n) is 2.02. The molecule has 1 atom stereocenters. The van der Waals surface area contributed by atoms with E-state index in [-0.39, 0.29) is 7.43 Å². The van der Waals surface area contributed by atoms with E-state index in [0.29, 0.717) is 6.04 Å². The monoisotopic (exact) mass is 577 g/mol. The van der Waals surface area contributed by atoms with Gasteiger partial charge in [-0.1, -0.05) is 0 Å². The zero-order valence-corrected chi connectivity index (χ0v) is 18.2. The Bertz CT molecular complexity index is 345. The van der Waals surface area contributed by atoms with Gasteiger partial charge in [-0.15, -0.1) is 0 Å². The fraction of sp³-hybridized carbons (Fsp3) is 0.923. The van der Waals surface area contributed by atoms with Gasteiger partial charge in [0.25, 0.3) is 0 Å². The van der Waals surface area contributed by atoms with Gasteiger partial charge in [-0.2, -0.15) is 39.5 Å². The second kappa shape index (κ2) is 11.6. The summed E-state index contributed by atoms with van der Waals surface area (Å²) in [4.78, 5) is 0. The minimum atomic E-state index is -6.87. The standard InChI is InChI=1S/C4HF9O.C4H9N.C4H10O.CH3.Ta/c5-2(6,7)1(14,3(8,9)10)4(11,12)13;1-3-4(2)5;1-4(2,3)5;;/h14H;4H,3H2,1-2H3;5H,1-3H3;1H3;/q;;;-1;. The third-order valence-corrected chi connectivity index (χ3v) is 3.44. The van der Waals surface area contributed by atoms with E-state index in [1.165, 1.54) is 27.3 Å². The summed E-state index contributed by atoms with van der Waals surface area (Å²) >= 11 is 1.18. The van der Waals surface area contributed by atoms with Crippen molar-refractivity contribution in [2.24, 2.45) is 3.34 Å². The third kappa shape index (κ3) is 13.1. The average molecular weight is 577 g/mol. The summed E-state index contributed by atoms with van der Waals surface area (Å²) in [5.41, 5.74) is -7.19. The van der Waals surface area contributed by atoms with Crippen LogP contribution in [0.4, 0.5) is 39.5 Å². The van der Waals surface area contributed by atoms with Gasteiger partial charge in [-0.25, -0.2) is 0 Å². The van der Waals surface area contributed by atoms with E-state index < -0.39 is 29.7 Å². The Morgan fingerprint density at radius 3 is 1.00 bits per heavy atom. The molecule has 0 saturated heterocycles. The molecule has 0 aliphatic rings. The smallest absolute Gasteiger partial charge is 0.367 e. The van der Waals surface area contributed by atoms with Crippen LogP contribution in [0.1, 0.15) is 41.0 Å². The first-order valence-electron chi connectivity index (χ1n) is 6.55. The van der Waals surface area contributed by atoms with Crippen LogP contribution >= 0.6 is 0 Å². The van der Waals surface area contributed by atoms with Crippen molar-refractivity contribution in [3.8, 4) is 0 Å². The van der Waals surface area contributed by atoms with Crippen LogP contribution in [-0.2, 0) is 20.9 Å². The molecule has 0 rings (SSSR count). The van der Waals surface area contributed by atoms with Gasteiger partial charge in [0.15, 0.2) is 0 Å². The maximum Gasteiger partial charge on any atom is 0.435 e. The average Bonchev–Trinajstić information content (AvgIpc) is 2.31. The number of hydrogen-bond acceptors (Lipinski definition) is 3. The molecular formula is C13H23F9NO2Ta-. The fourth-order valence-electron chi connectivity index (χ4n) is 0.564. The fourth-order valence-corrected chi connectivity index (χ4v) is 1.15. The molecule has 0 aliphatic heterocycles. The molecule has 0 heterocycles. The van der Waals surface area contributed by atoms with Crippen molar-refractivity contribution in [2.45, 2.75) is 76.8 Å². The summed E-state index contributed by atoms with van der Waals surface area (Å²) in [6.07, 6.45) is -19.4. The Hall–Kier alpha value is -0.170. The number of rotatable bonds is 2. The summed E-state index contributed by atoms with van der Waals surface area (Å²) in [6.45, 7) is 9.52. The molecule has 0 amide bonds. The molecule has 26 heavy (non-hydrogen) atoms. The predicted octanol–water partition coefficient (Wildman–Crippen LogP) is 5.15. The molecule has 0 aromatic carbocycles. The number of aliphatic hydroxyl groups is 2. The first-order chi connectivity index (χ1) is 10.6. The molecule has 0 radical (unpaired) electrons. The summed E-state index contributed by atoms with van der Waals surface area (Å²) in [5, 5.41) is 16.2. The molecule has 1 unspecified atom stereocenters. The van der Waals surface area contributed by atoms with Gasteiger partial charge >= 0.3 is 74.7 Å². The Kier molecular flexibility index (Phi) is 14.9. The minimum absolute atomic E-state index is 0. The molecule has 0 aliphatic carbocycles. The van der Waals surface area contributed by atoms with E-state index in [4.69, 9.17) is 10.2 Å². The second-order valence-corrected chi connectivity index (χ2v) is 6.58. The Balaban J connectivity index is -0.000000168. The van der Waals surface area contributed by atoms with Gasteiger partial charge in [0.05, 0.1) is 5.60 Å². The molecule has 0 bridgehead atoms. The Morgan fingerprint density at radius 1 is 0.808 bits per heavy atom. The van der Waals surface area contributed by atoms with Gasteiger partial charge in [0, 0.05) is 0 Å². The normalized spacial score (nSPS) is 14.0. The molecule has 0 fully saturated rings. The van der Waals surface area contributed by atoms with Crippen molar-refractivity contribution in [1.82, 2.24) is 0 Å². The van der Waals surface area contributed by atoms with Crippen LogP contribution in [0.3, 0.4) is 0 Å². The molecule has 0 spiro atoms. The quantitative estimate of drug-likeness (QED) is 0.353. The van der Waals surface area contributed by atoms with Crippen LogP contribution in [0.5, 0.6) is 0 Å². The molecule has 0 aromatic heterocycles. The van der Waals surface area contributed by atoms with Gasteiger partial charge in [-0.05, 0) is 20.8 Å². The largest absolute Gasteiger partial charge is 0.435 e. The second-order valence-electron chi connectivity index (χ2n) is 5.75. The molecule has 161 valence electrons. The van der Waals surface area contributed by atoms with Crippen LogP contribution in [0, 0.1) is 7.43 Å². The molecule has 0 aromatic rings. The molecule has 0 saturated carbocycles. The zero-order chi connectivity index (χ0) is 21.5. The minimum Gasteiger partial charge on any atom is -0.367 e. The van der Waals surface area contributed by atoms with Crippen molar-refractivity contribution in [1.29, 1.82) is 0 Å². The summed E-state index contributed by atoms with van der Waals surface area (Å²) < 4.78 is 107. The number of nitrogens with zero attached hydrogens (tertiary/aromatic N) is 1. The molecule has 3 nitrogen and oxygen atoms in total. The van der Waals surface area contributed by atoms with E-state index in [0.717, 1.165) is 0 Å². The van der Waals surface area contributed by atoms with Gasteiger partial charge in [0.1, 0.15) is 0 Å². The van der Waals surface area contributed by atoms with Crippen LogP contribution < -0.4 is 0 Å². The molecule has 13 heteroatoms. The van der Waals surface area contributed by atoms with Crippen molar-refractivity contribution >= 4 is 0 Å². The van der Waals surface area contributed by atoms with E-state index in [1.807, 2.05) is 0 Å². The van der Waals surface area contributed by atoms with E-state index in [1.54, 1.807) is 20.8 Å². The maximum atomic E-state index is 11.4. The van der Waals surface area contributed by atoms with Crippen LogP contribution in [-0.4, -0.2) is 46.0 Å². The SMILES string of the molecule is CC(C)(C)O.CCC(C)[N]=[Ta].OC(C(F)(F)F)(C(F)(F)F)C(F)(F)F.[CH3-]. The topological polar surface area (TPSA) is 52.8 Å².